The molecule has 2 atom stereocenters. The first-order chi connectivity index (χ1) is 13.8. The Labute approximate surface area is 178 Å². The maximum Gasteiger partial charge on any atom is 0.414 e. The predicted molar refractivity (Wildman–Crippen MR) is 116 cm³/mol. The fourth-order valence-electron chi connectivity index (χ4n) is 4.44. The van der Waals surface area contributed by atoms with Gasteiger partial charge in [-0.1, -0.05) is 26.0 Å². The number of carbonyl (C=O) groups is 2. The first kappa shape index (κ1) is 23.7. The topological polar surface area (TPSA) is 81.1 Å². The summed E-state index contributed by atoms with van der Waals surface area (Å²) in [6, 6.07) is 9.93. The molecule has 0 aliphatic carbocycles. The van der Waals surface area contributed by atoms with Crippen molar-refractivity contribution in [2.24, 2.45) is 11.8 Å². The molecule has 0 saturated carbocycles. The van der Waals surface area contributed by atoms with E-state index in [-0.39, 0.29) is 0 Å². The van der Waals surface area contributed by atoms with E-state index in [1.807, 2.05) is 11.8 Å². The smallest absolute Gasteiger partial charge is 0.414 e. The Morgan fingerprint density at radius 1 is 1.00 bits per heavy atom. The fourth-order valence-corrected chi connectivity index (χ4v) is 4.85. The molecule has 2 aliphatic heterocycles. The van der Waals surface area contributed by atoms with Crippen LogP contribution in [0.3, 0.4) is 0 Å². The van der Waals surface area contributed by atoms with Gasteiger partial charge >= 0.3 is 11.9 Å². The highest BCUT2D eigenvalue weighted by atomic mass is 32.2. The minimum atomic E-state index is -1.82. The molecule has 0 bridgehead atoms. The first-order valence-corrected chi connectivity index (χ1v) is 11.6. The summed E-state index contributed by atoms with van der Waals surface area (Å²) in [7, 11) is 0. The number of thioether (sulfide) groups is 1. The van der Waals surface area contributed by atoms with Gasteiger partial charge in [0.1, 0.15) is 0 Å². The molecular weight excluding hydrogens is 388 g/mol. The van der Waals surface area contributed by atoms with Crippen LogP contribution in [0, 0.1) is 11.8 Å². The van der Waals surface area contributed by atoms with E-state index in [1.165, 1.54) is 55.9 Å². The molecule has 0 aromatic heterocycles. The second kappa shape index (κ2) is 11.6. The minimum Gasteiger partial charge on any atom is -0.473 e. The van der Waals surface area contributed by atoms with Gasteiger partial charge in [0.15, 0.2) is 0 Å². The molecule has 3 rings (SSSR count). The maximum atomic E-state index is 9.10. The van der Waals surface area contributed by atoms with Crippen LogP contribution in [-0.4, -0.2) is 70.4 Å². The average Bonchev–Trinajstić information content (AvgIpc) is 2.69. The number of rotatable bonds is 4. The van der Waals surface area contributed by atoms with Crippen LogP contribution in [0.1, 0.15) is 38.7 Å². The van der Waals surface area contributed by atoms with Crippen LogP contribution in [0.25, 0.3) is 0 Å². The number of likely N-dealkylation sites (tertiary alicyclic amines) is 2. The Balaban J connectivity index is 0.000000438. The zero-order chi connectivity index (χ0) is 21.4. The van der Waals surface area contributed by atoms with Crippen LogP contribution < -0.4 is 0 Å². The standard InChI is InChI=1S/C20H32N2S.C2H2O4/c1-16-12-17(2)14-22(13-16)19-8-10-21(11-9-19)15-18-4-6-20(23-3)7-5-18;3-1(4)2(5)6/h4-7,16-17,19H,8-15H2,1-3H3;(H,3,4)(H,5,6). The lowest BCUT2D eigenvalue weighted by atomic mass is 9.89. The number of carboxylic acid groups (broad SMARTS) is 2. The van der Waals surface area contributed by atoms with Crippen molar-refractivity contribution in [1.29, 1.82) is 0 Å². The van der Waals surface area contributed by atoms with Crippen LogP contribution in [0.15, 0.2) is 29.2 Å². The molecule has 2 fully saturated rings. The van der Waals surface area contributed by atoms with E-state index >= 15 is 0 Å². The van der Waals surface area contributed by atoms with E-state index in [0.717, 1.165) is 24.4 Å². The third-order valence-electron chi connectivity index (χ3n) is 5.72. The summed E-state index contributed by atoms with van der Waals surface area (Å²) in [6.07, 6.45) is 6.26. The van der Waals surface area contributed by atoms with E-state index in [0.29, 0.717) is 0 Å². The van der Waals surface area contributed by atoms with Gasteiger partial charge in [-0.05, 0) is 68.1 Å². The lowest BCUT2D eigenvalue weighted by Crippen LogP contribution is -2.49. The number of benzene rings is 1. The Bertz CT molecular complexity index is 637. The highest BCUT2D eigenvalue weighted by molar-refractivity contribution is 7.98. The summed E-state index contributed by atoms with van der Waals surface area (Å²) >= 11 is 1.82. The first-order valence-electron chi connectivity index (χ1n) is 10.3. The van der Waals surface area contributed by atoms with Crippen LogP contribution in [0.5, 0.6) is 0 Å². The Morgan fingerprint density at radius 2 is 1.52 bits per heavy atom. The van der Waals surface area contributed by atoms with Gasteiger partial charge in [0.05, 0.1) is 0 Å². The minimum absolute atomic E-state index is 0.829. The van der Waals surface area contributed by atoms with Crippen molar-refractivity contribution in [2.45, 2.75) is 50.6 Å². The molecule has 2 unspecified atom stereocenters. The summed E-state index contributed by atoms with van der Waals surface area (Å²) in [5.74, 6) is -1.89. The molecule has 2 aliphatic rings. The number of piperidine rings is 2. The van der Waals surface area contributed by atoms with Gasteiger partial charge in [-0.15, -0.1) is 11.8 Å². The second-order valence-electron chi connectivity index (χ2n) is 8.37. The monoisotopic (exact) mass is 422 g/mol. The van der Waals surface area contributed by atoms with Crippen LogP contribution in [0.4, 0.5) is 0 Å². The second-order valence-corrected chi connectivity index (χ2v) is 9.25. The van der Waals surface area contributed by atoms with Crippen molar-refractivity contribution in [1.82, 2.24) is 9.80 Å². The Hall–Kier alpha value is -1.57. The number of nitrogens with zero attached hydrogens (tertiary/aromatic N) is 2. The molecule has 1 aromatic carbocycles. The number of carboxylic acids is 2. The zero-order valence-electron chi connectivity index (χ0n) is 17.7. The summed E-state index contributed by atoms with van der Waals surface area (Å²) in [5, 5.41) is 14.8. The van der Waals surface area contributed by atoms with E-state index in [4.69, 9.17) is 19.8 Å². The highest BCUT2D eigenvalue weighted by Crippen LogP contribution is 2.27. The molecule has 162 valence electrons. The summed E-state index contributed by atoms with van der Waals surface area (Å²) in [4.78, 5) is 25.0. The maximum absolute atomic E-state index is 9.10. The molecule has 7 heteroatoms. The van der Waals surface area contributed by atoms with E-state index < -0.39 is 11.9 Å². The van der Waals surface area contributed by atoms with Crippen molar-refractivity contribution in [2.75, 3.05) is 32.4 Å². The van der Waals surface area contributed by atoms with Crippen molar-refractivity contribution < 1.29 is 19.8 Å². The van der Waals surface area contributed by atoms with Gasteiger partial charge in [0.25, 0.3) is 0 Å². The fraction of sp³-hybridized carbons (Fsp3) is 0.636. The third-order valence-corrected chi connectivity index (χ3v) is 6.46. The van der Waals surface area contributed by atoms with Crippen LogP contribution in [-0.2, 0) is 16.1 Å². The van der Waals surface area contributed by atoms with Gasteiger partial charge in [-0.3, -0.25) is 9.80 Å². The van der Waals surface area contributed by atoms with Gasteiger partial charge in [0.2, 0.25) is 0 Å². The summed E-state index contributed by atoms with van der Waals surface area (Å²) in [5.41, 5.74) is 1.46. The molecule has 29 heavy (non-hydrogen) atoms. The predicted octanol–water partition coefficient (Wildman–Crippen LogP) is 3.51. The van der Waals surface area contributed by atoms with Crippen molar-refractivity contribution in [3.63, 3.8) is 0 Å². The van der Waals surface area contributed by atoms with Crippen LogP contribution in [0.2, 0.25) is 0 Å². The van der Waals surface area contributed by atoms with Crippen molar-refractivity contribution in [3.8, 4) is 0 Å². The average molecular weight is 423 g/mol. The van der Waals surface area contributed by atoms with Crippen molar-refractivity contribution in [3.05, 3.63) is 29.8 Å². The molecule has 0 radical (unpaired) electrons. The van der Waals surface area contributed by atoms with Crippen LogP contribution >= 0.6 is 11.8 Å². The normalized spacial score (nSPS) is 23.8. The zero-order valence-corrected chi connectivity index (χ0v) is 18.5. The number of aliphatic carboxylic acids is 2. The van der Waals surface area contributed by atoms with E-state index in [9.17, 15) is 0 Å². The quantitative estimate of drug-likeness (QED) is 0.568. The van der Waals surface area contributed by atoms with Gasteiger partial charge < -0.3 is 10.2 Å². The molecule has 0 amide bonds. The molecule has 6 nitrogen and oxygen atoms in total. The molecule has 2 heterocycles. The molecular formula is C22H34N2O4S. The van der Waals surface area contributed by atoms with Crippen molar-refractivity contribution >= 4 is 23.7 Å². The van der Waals surface area contributed by atoms with E-state index in [1.54, 1.807) is 0 Å². The number of hydrogen-bond acceptors (Lipinski definition) is 5. The molecule has 1 aromatic rings. The SMILES string of the molecule is CSc1ccc(CN2CCC(N3CC(C)CC(C)C3)CC2)cc1.O=C(O)C(=O)O. The summed E-state index contributed by atoms with van der Waals surface area (Å²) < 4.78 is 0. The molecule has 2 N–H and O–H groups in total. The largest absolute Gasteiger partial charge is 0.473 e. The Kier molecular flexibility index (Phi) is 9.46. The van der Waals surface area contributed by atoms with Gasteiger partial charge in [0, 0.05) is 30.6 Å². The molecule has 0 spiro atoms. The Morgan fingerprint density at radius 3 is 1.97 bits per heavy atom. The van der Waals surface area contributed by atoms with E-state index in [2.05, 4.69) is 54.2 Å². The third kappa shape index (κ3) is 7.99. The summed E-state index contributed by atoms with van der Waals surface area (Å²) in [6.45, 7) is 11.1. The highest BCUT2D eigenvalue weighted by Gasteiger charge is 2.29. The van der Waals surface area contributed by atoms with Gasteiger partial charge in [-0.2, -0.15) is 0 Å². The lowest BCUT2D eigenvalue weighted by molar-refractivity contribution is -0.159. The van der Waals surface area contributed by atoms with Gasteiger partial charge in [-0.25, -0.2) is 9.59 Å². The lowest BCUT2D eigenvalue weighted by Gasteiger charge is -2.43. The number of hydrogen-bond donors (Lipinski definition) is 2. The molecule has 2 saturated heterocycles.